The Labute approximate surface area is 140 Å². The average molecular weight is 321 g/mol. The van der Waals surface area contributed by atoms with Crippen LogP contribution in [0.2, 0.25) is 0 Å². The molecule has 1 aromatic heterocycles. The van der Waals surface area contributed by atoms with Gasteiger partial charge >= 0.3 is 0 Å². The second-order valence-electron chi connectivity index (χ2n) is 6.20. The first-order valence-electron chi connectivity index (χ1n) is 7.70. The van der Waals surface area contributed by atoms with Crippen LogP contribution in [0.1, 0.15) is 33.9 Å². The summed E-state index contributed by atoms with van der Waals surface area (Å²) in [5, 5.41) is 9.58. The Bertz CT molecular complexity index is 977. The number of ether oxygens (including phenoxy) is 1. The lowest BCUT2D eigenvalue weighted by atomic mass is 9.83. The topological polar surface area (TPSA) is 81.0 Å². The van der Waals surface area contributed by atoms with E-state index in [1.807, 2.05) is 39.0 Å². The third-order valence-corrected chi connectivity index (χ3v) is 4.72. The minimum atomic E-state index is -0.516. The highest BCUT2D eigenvalue weighted by molar-refractivity contribution is 5.55. The molecular weight excluding hydrogens is 302 g/mol. The summed E-state index contributed by atoms with van der Waals surface area (Å²) in [5.41, 5.74) is 10.4. The molecule has 0 bridgehead atoms. The third-order valence-electron chi connectivity index (χ3n) is 4.72. The number of aromatic nitrogens is 1. The number of allylic oxidation sites excluding steroid dienone is 1. The van der Waals surface area contributed by atoms with Gasteiger partial charge in [-0.15, -0.1) is 0 Å². The van der Waals surface area contributed by atoms with E-state index in [0.29, 0.717) is 11.3 Å². The molecule has 2 heterocycles. The highest BCUT2D eigenvalue weighted by Crippen LogP contribution is 2.40. The number of benzene rings is 1. The molecule has 24 heavy (non-hydrogen) atoms. The first-order chi connectivity index (χ1) is 11.3. The fraction of sp³-hybridized carbons (Fsp3) is 0.263. The van der Waals surface area contributed by atoms with E-state index in [4.69, 9.17) is 10.5 Å². The molecule has 0 amide bonds. The zero-order chi connectivity index (χ0) is 17.6. The molecule has 1 aliphatic rings. The van der Waals surface area contributed by atoms with Gasteiger partial charge in [-0.3, -0.25) is 4.79 Å². The highest BCUT2D eigenvalue weighted by Gasteiger charge is 2.34. The highest BCUT2D eigenvalue weighted by atomic mass is 16.5. The van der Waals surface area contributed by atoms with E-state index in [9.17, 15) is 10.1 Å². The fourth-order valence-electron chi connectivity index (χ4n) is 3.02. The van der Waals surface area contributed by atoms with Crippen molar-refractivity contribution in [3.63, 3.8) is 0 Å². The number of pyridine rings is 1. The Kier molecular flexibility index (Phi) is 3.69. The molecule has 0 radical (unpaired) electrons. The molecule has 2 aromatic rings. The Morgan fingerprint density at radius 3 is 2.54 bits per heavy atom. The van der Waals surface area contributed by atoms with E-state index in [1.165, 1.54) is 0 Å². The van der Waals surface area contributed by atoms with Crippen molar-refractivity contribution in [2.45, 2.75) is 26.7 Å². The van der Waals surface area contributed by atoms with E-state index >= 15 is 0 Å². The van der Waals surface area contributed by atoms with Crippen molar-refractivity contribution in [3.8, 4) is 11.8 Å². The van der Waals surface area contributed by atoms with E-state index in [1.54, 1.807) is 17.7 Å². The van der Waals surface area contributed by atoms with Gasteiger partial charge in [-0.25, -0.2) is 0 Å². The summed E-state index contributed by atoms with van der Waals surface area (Å²) in [7, 11) is 1.71. The molecule has 1 unspecified atom stereocenters. The number of fused-ring (bicyclic) bond motifs is 1. The van der Waals surface area contributed by atoms with E-state index in [-0.39, 0.29) is 17.0 Å². The van der Waals surface area contributed by atoms with E-state index < -0.39 is 5.92 Å². The summed E-state index contributed by atoms with van der Waals surface area (Å²) < 4.78 is 7.14. The number of nitriles is 1. The van der Waals surface area contributed by atoms with Crippen LogP contribution in [0.4, 0.5) is 0 Å². The van der Waals surface area contributed by atoms with E-state index in [2.05, 4.69) is 6.07 Å². The monoisotopic (exact) mass is 321 g/mol. The van der Waals surface area contributed by atoms with Gasteiger partial charge in [0.25, 0.3) is 5.56 Å². The maximum atomic E-state index is 12.8. The minimum Gasteiger partial charge on any atom is -0.440 e. The summed E-state index contributed by atoms with van der Waals surface area (Å²) in [5.74, 6) is -0.0337. The van der Waals surface area contributed by atoms with Gasteiger partial charge in [-0.2, -0.15) is 5.26 Å². The summed E-state index contributed by atoms with van der Waals surface area (Å²) >= 11 is 0. The van der Waals surface area contributed by atoms with Crippen LogP contribution in [-0.2, 0) is 7.05 Å². The van der Waals surface area contributed by atoms with Crippen LogP contribution in [0.25, 0.3) is 0 Å². The van der Waals surface area contributed by atoms with Crippen molar-refractivity contribution in [1.82, 2.24) is 4.57 Å². The van der Waals surface area contributed by atoms with Crippen LogP contribution in [-0.4, -0.2) is 4.57 Å². The number of nitrogens with two attached hydrogens (primary N) is 1. The summed E-state index contributed by atoms with van der Waals surface area (Å²) in [4.78, 5) is 12.8. The summed E-state index contributed by atoms with van der Waals surface area (Å²) in [6.07, 6.45) is 0. The molecule has 2 N–H and O–H groups in total. The fourth-order valence-corrected chi connectivity index (χ4v) is 3.02. The molecule has 1 atom stereocenters. The molecule has 0 saturated carbocycles. The number of hydrogen-bond donors (Lipinski definition) is 1. The molecule has 0 spiro atoms. The Balaban J connectivity index is 2.35. The molecule has 1 aromatic carbocycles. The number of nitrogens with zero attached hydrogens (tertiary/aromatic N) is 2. The average Bonchev–Trinajstić information content (AvgIpc) is 2.54. The van der Waals surface area contributed by atoms with E-state index in [0.717, 1.165) is 22.4 Å². The lowest BCUT2D eigenvalue weighted by Gasteiger charge is -2.27. The molecule has 5 heteroatoms. The lowest BCUT2D eigenvalue weighted by Crippen LogP contribution is -2.31. The van der Waals surface area contributed by atoms with Gasteiger partial charge in [-0.05, 0) is 37.5 Å². The zero-order valence-electron chi connectivity index (χ0n) is 14.2. The molecule has 5 nitrogen and oxygen atoms in total. The first-order valence-corrected chi connectivity index (χ1v) is 7.70. The molecule has 3 rings (SSSR count). The SMILES string of the molecule is Cc1ccc(C2C(C#N)=C(N)Oc3cc(C)n(C)c(=O)c32)cc1C. The van der Waals surface area contributed by atoms with Crippen LogP contribution in [0.15, 0.2) is 40.5 Å². The van der Waals surface area contributed by atoms with Crippen molar-refractivity contribution >= 4 is 0 Å². The van der Waals surface area contributed by atoms with Crippen LogP contribution in [0, 0.1) is 32.1 Å². The standard InChI is InChI=1S/C19H19N3O2/c1-10-5-6-13(7-11(10)2)16-14(9-20)18(21)24-15-8-12(3)22(4)19(23)17(15)16/h5-8,16H,21H2,1-4H3. The zero-order valence-corrected chi connectivity index (χ0v) is 14.2. The van der Waals surface area contributed by atoms with Gasteiger partial charge in [-0.1, -0.05) is 18.2 Å². The van der Waals surface area contributed by atoms with Crippen molar-refractivity contribution in [1.29, 1.82) is 5.26 Å². The smallest absolute Gasteiger partial charge is 0.258 e. The predicted molar refractivity (Wildman–Crippen MR) is 91.6 cm³/mol. The maximum Gasteiger partial charge on any atom is 0.258 e. The lowest BCUT2D eigenvalue weighted by molar-refractivity contribution is 0.389. The molecule has 122 valence electrons. The second-order valence-corrected chi connectivity index (χ2v) is 6.20. The molecule has 1 aliphatic heterocycles. The Morgan fingerprint density at radius 2 is 1.92 bits per heavy atom. The minimum absolute atomic E-state index is 0.0564. The van der Waals surface area contributed by atoms with Crippen molar-refractivity contribution in [3.05, 3.63) is 74.0 Å². The van der Waals surface area contributed by atoms with Gasteiger partial charge in [0.1, 0.15) is 17.4 Å². The van der Waals surface area contributed by atoms with Crippen molar-refractivity contribution in [2.24, 2.45) is 12.8 Å². The van der Waals surface area contributed by atoms with Gasteiger partial charge in [0, 0.05) is 18.8 Å². The Hall–Kier alpha value is -3.00. The number of rotatable bonds is 1. The van der Waals surface area contributed by atoms with Gasteiger partial charge < -0.3 is 15.0 Å². The van der Waals surface area contributed by atoms with Crippen molar-refractivity contribution < 1.29 is 4.74 Å². The first kappa shape index (κ1) is 15.9. The summed E-state index contributed by atoms with van der Waals surface area (Å²) in [6, 6.07) is 9.83. The van der Waals surface area contributed by atoms with Crippen LogP contribution in [0.5, 0.6) is 5.75 Å². The summed E-state index contributed by atoms with van der Waals surface area (Å²) in [6.45, 7) is 5.86. The largest absolute Gasteiger partial charge is 0.440 e. The number of aryl methyl sites for hydroxylation is 3. The maximum absolute atomic E-state index is 12.8. The van der Waals surface area contributed by atoms with Gasteiger partial charge in [0.05, 0.1) is 11.5 Å². The van der Waals surface area contributed by atoms with Gasteiger partial charge in [0.2, 0.25) is 5.88 Å². The van der Waals surface area contributed by atoms with Crippen LogP contribution < -0.4 is 16.0 Å². The number of hydrogen-bond acceptors (Lipinski definition) is 4. The predicted octanol–water partition coefficient (Wildman–Crippen LogP) is 2.53. The second kappa shape index (κ2) is 5.57. The molecule has 0 fully saturated rings. The molecular formula is C19H19N3O2. The molecule has 0 aliphatic carbocycles. The Morgan fingerprint density at radius 1 is 1.21 bits per heavy atom. The normalized spacial score (nSPS) is 16.4. The third kappa shape index (κ3) is 2.28. The van der Waals surface area contributed by atoms with Crippen LogP contribution >= 0.6 is 0 Å². The van der Waals surface area contributed by atoms with Crippen molar-refractivity contribution in [2.75, 3.05) is 0 Å². The van der Waals surface area contributed by atoms with Gasteiger partial charge in [0.15, 0.2) is 0 Å². The quantitative estimate of drug-likeness (QED) is 0.875. The molecule has 0 saturated heterocycles. The van der Waals surface area contributed by atoms with Crippen LogP contribution in [0.3, 0.4) is 0 Å².